The molecule has 0 N–H and O–H groups in total. The summed E-state index contributed by atoms with van der Waals surface area (Å²) >= 11 is 0. The Labute approximate surface area is 155 Å². The molecule has 0 saturated carbocycles. The van der Waals surface area contributed by atoms with E-state index in [9.17, 15) is 4.39 Å². The monoisotopic (exact) mass is 357 g/mol. The van der Waals surface area contributed by atoms with E-state index in [0.29, 0.717) is 12.0 Å². The van der Waals surface area contributed by atoms with Gasteiger partial charge in [-0.3, -0.25) is 9.80 Å². The number of aryl methyl sites for hydroxylation is 3. The van der Waals surface area contributed by atoms with Gasteiger partial charge in [0.15, 0.2) is 0 Å². The fraction of sp³-hybridized carbons (Fsp3) is 0.571. The van der Waals surface area contributed by atoms with Crippen molar-refractivity contribution in [1.82, 2.24) is 15.0 Å². The molecule has 1 aromatic carbocycles. The molecular weight excluding hydrogens is 329 g/mol. The first-order chi connectivity index (χ1) is 12.5. The number of fused-ring (bicyclic) bond motifs is 4. The standard InChI is InChI=1S/C21H28FN3O/c1-14-8-17(5-7-21(14)22)10-25-11-18-4-6-19(25)12-24(9-18)13-20-15(2)23-26-16(20)3/h5,7-8,18-19H,4,6,9-13H2,1-3H3/t18-,19+/m1/s1. The molecule has 4 heterocycles. The molecule has 3 fully saturated rings. The first-order valence-electron chi connectivity index (χ1n) is 9.63. The number of piperidine rings is 1. The SMILES string of the molecule is Cc1cc(CN2C[C@@H]3CC[C@H]2CN(Cc2c(C)noc2C)C3)ccc1F. The predicted molar refractivity (Wildman–Crippen MR) is 99.3 cm³/mol. The lowest BCUT2D eigenvalue weighted by Crippen LogP contribution is -2.43. The molecule has 26 heavy (non-hydrogen) atoms. The minimum absolute atomic E-state index is 0.114. The molecule has 3 aliphatic heterocycles. The van der Waals surface area contributed by atoms with E-state index in [2.05, 4.69) is 15.0 Å². The Morgan fingerprint density at radius 2 is 1.96 bits per heavy atom. The maximum atomic E-state index is 13.6. The summed E-state index contributed by atoms with van der Waals surface area (Å²) in [6.07, 6.45) is 2.56. The summed E-state index contributed by atoms with van der Waals surface area (Å²) in [7, 11) is 0. The Balaban J connectivity index is 1.47. The van der Waals surface area contributed by atoms with Gasteiger partial charge in [-0.1, -0.05) is 17.3 Å². The molecule has 4 nitrogen and oxygen atoms in total. The minimum Gasteiger partial charge on any atom is -0.361 e. The van der Waals surface area contributed by atoms with Crippen LogP contribution in [-0.4, -0.2) is 40.6 Å². The van der Waals surface area contributed by atoms with Crippen molar-refractivity contribution in [2.75, 3.05) is 19.6 Å². The molecule has 0 aliphatic carbocycles. The summed E-state index contributed by atoms with van der Waals surface area (Å²) in [6, 6.07) is 6.10. The van der Waals surface area contributed by atoms with Crippen molar-refractivity contribution in [3.8, 4) is 0 Å². The zero-order valence-corrected chi connectivity index (χ0v) is 16.0. The summed E-state index contributed by atoms with van der Waals surface area (Å²) in [5.74, 6) is 1.53. The van der Waals surface area contributed by atoms with Crippen LogP contribution in [0.25, 0.3) is 0 Å². The molecular formula is C21H28FN3O. The zero-order valence-electron chi connectivity index (χ0n) is 16.0. The number of halogens is 1. The van der Waals surface area contributed by atoms with E-state index in [0.717, 1.165) is 49.7 Å². The van der Waals surface area contributed by atoms with Gasteiger partial charge in [0.2, 0.25) is 0 Å². The zero-order chi connectivity index (χ0) is 18.3. The Bertz CT molecular complexity index is 768. The van der Waals surface area contributed by atoms with Crippen molar-refractivity contribution in [3.05, 3.63) is 52.2 Å². The van der Waals surface area contributed by atoms with Crippen LogP contribution in [0.5, 0.6) is 0 Å². The van der Waals surface area contributed by atoms with Crippen LogP contribution in [0.2, 0.25) is 0 Å². The van der Waals surface area contributed by atoms with Gasteiger partial charge >= 0.3 is 0 Å². The van der Waals surface area contributed by atoms with Crippen LogP contribution >= 0.6 is 0 Å². The van der Waals surface area contributed by atoms with Gasteiger partial charge in [0.05, 0.1) is 5.69 Å². The average molecular weight is 357 g/mol. The third-order valence-corrected chi connectivity index (χ3v) is 6.07. The number of hydrogen-bond acceptors (Lipinski definition) is 4. The number of rotatable bonds is 4. The Kier molecular flexibility index (Phi) is 4.84. The fourth-order valence-corrected chi connectivity index (χ4v) is 4.59. The van der Waals surface area contributed by atoms with E-state index >= 15 is 0 Å². The second kappa shape index (κ2) is 7.12. The molecule has 2 aromatic rings. The summed E-state index contributed by atoms with van der Waals surface area (Å²) < 4.78 is 18.9. The van der Waals surface area contributed by atoms with Gasteiger partial charge in [-0.05, 0) is 56.7 Å². The Hall–Kier alpha value is -1.72. The summed E-state index contributed by atoms with van der Waals surface area (Å²) in [6.45, 7) is 11.1. The van der Waals surface area contributed by atoms with Crippen LogP contribution in [0.3, 0.4) is 0 Å². The quantitative estimate of drug-likeness (QED) is 0.832. The molecule has 2 atom stereocenters. The molecule has 2 bridgehead atoms. The first-order valence-corrected chi connectivity index (χ1v) is 9.63. The van der Waals surface area contributed by atoms with Crippen molar-refractivity contribution < 1.29 is 8.91 Å². The number of nitrogens with zero attached hydrogens (tertiary/aromatic N) is 3. The molecule has 0 spiro atoms. The van der Waals surface area contributed by atoms with Crippen LogP contribution in [0.15, 0.2) is 22.7 Å². The topological polar surface area (TPSA) is 32.5 Å². The fourth-order valence-electron chi connectivity index (χ4n) is 4.59. The largest absolute Gasteiger partial charge is 0.361 e. The lowest BCUT2D eigenvalue weighted by Gasteiger charge is -2.36. The van der Waals surface area contributed by atoms with Crippen LogP contribution in [0.1, 0.15) is 41.0 Å². The van der Waals surface area contributed by atoms with E-state index in [-0.39, 0.29) is 5.82 Å². The normalized spacial score (nSPS) is 24.2. The molecule has 0 amide bonds. The summed E-state index contributed by atoms with van der Waals surface area (Å²) in [5, 5.41) is 4.10. The lowest BCUT2D eigenvalue weighted by molar-refractivity contribution is 0.123. The van der Waals surface area contributed by atoms with Crippen molar-refractivity contribution in [3.63, 3.8) is 0 Å². The van der Waals surface area contributed by atoms with Gasteiger partial charge in [-0.25, -0.2) is 4.39 Å². The van der Waals surface area contributed by atoms with Crippen LogP contribution in [0.4, 0.5) is 4.39 Å². The highest BCUT2D eigenvalue weighted by Gasteiger charge is 2.35. The second-order valence-corrected chi connectivity index (χ2v) is 8.11. The Morgan fingerprint density at radius 3 is 2.69 bits per heavy atom. The minimum atomic E-state index is -0.114. The highest BCUT2D eigenvalue weighted by atomic mass is 19.1. The van der Waals surface area contributed by atoms with E-state index in [1.165, 1.54) is 24.0 Å². The van der Waals surface area contributed by atoms with Gasteiger partial charge in [-0.2, -0.15) is 0 Å². The van der Waals surface area contributed by atoms with Gasteiger partial charge in [0, 0.05) is 44.3 Å². The molecule has 5 rings (SSSR count). The average Bonchev–Trinajstić information content (AvgIpc) is 2.79. The summed E-state index contributed by atoms with van der Waals surface area (Å²) in [5.41, 5.74) is 4.21. The second-order valence-electron chi connectivity index (χ2n) is 8.11. The third-order valence-electron chi connectivity index (χ3n) is 6.07. The maximum Gasteiger partial charge on any atom is 0.138 e. The molecule has 3 saturated heterocycles. The Morgan fingerprint density at radius 1 is 1.12 bits per heavy atom. The summed E-state index contributed by atoms with van der Waals surface area (Å²) in [4.78, 5) is 5.18. The first kappa shape index (κ1) is 17.7. The van der Waals surface area contributed by atoms with Crippen molar-refractivity contribution in [2.24, 2.45) is 5.92 Å². The van der Waals surface area contributed by atoms with Crippen LogP contribution in [-0.2, 0) is 13.1 Å². The molecule has 1 aromatic heterocycles. The van der Waals surface area contributed by atoms with Crippen LogP contribution < -0.4 is 0 Å². The smallest absolute Gasteiger partial charge is 0.138 e. The molecule has 0 unspecified atom stereocenters. The van der Waals surface area contributed by atoms with E-state index in [4.69, 9.17) is 4.52 Å². The molecule has 0 radical (unpaired) electrons. The molecule has 140 valence electrons. The van der Waals surface area contributed by atoms with Gasteiger partial charge in [-0.15, -0.1) is 0 Å². The van der Waals surface area contributed by atoms with Crippen molar-refractivity contribution in [2.45, 2.75) is 52.7 Å². The van der Waals surface area contributed by atoms with E-state index < -0.39 is 0 Å². The third kappa shape index (κ3) is 3.55. The lowest BCUT2D eigenvalue weighted by atomic mass is 9.94. The highest BCUT2D eigenvalue weighted by molar-refractivity contribution is 5.24. The van der Waals surface area contributed by atoms with Gasteiger partial charge in [0.25, 0.3) is 0 Å². The number of hydrogen-bond donors (Lipinski definition) is 0. The molecule has 5 heteroatoms. The van der Waals surface area contributed by atoms with E-state index in [1.807, 2.05) is 32.9 Å². The van der Waals surface area contributed by atoms with Crippen molar-refractivity contribution >= 4 is 0 Å². The molecule has 3 aliphatic rings. The number of aromatic nitrogens is 1. The van der Waals surface area contributed by atoms with Crippen LogP contribution in [0, 0.1) is 32.5 Å². The highest BCUT2D eigenvalue weighted by Crippen LogP contribution is 2.30. The van der Waals surface area contributed by atoms with Crippen molar-refractivity contribution in [1.29, 1.82) is 0 Å². The predicted octanol–water partition coefficient (Wildman–Crippen LogP) is 3.84. The van der Waals surface area contributed by atoms with E-state index in [1.54, 1.807) is 6.07 Å². The van der Waals surface area contributed by atoms with Gasteiger partial charge in [0.1, 0.15) is 11.6 Å². The number of benzene rings is 1. The van der Waals surface area contributed by atoms with Gasteiger partial charge < -0.3 is 4.52 Å². The maximum absolute atomic E-state index is 13.6.